The first-order chi connectivity index (χ1) is 9.90. The SMILES string of the molecule is CC[Si](CC)(CC)OCC(c1c(Cl)cccc1Cl)[N+](=O)[O-]. The lowest BCUT2D eigenvalue weighted by molar-refractivity contribution is -0.531. The highest BCUT2D eigenvalue weighted by atomic mass is 35.5. The molecule has 0 N–H and O–H groups in total. The monoisotopic (exact) mass is 349 g/mol. The molecule has 0 spiro atoms. The van der Waals surface area contributed by atoms with Crippen molar-refractivity contribution in [1.82, 2.24) is 0 Å². The Labute approximate surface area is 136 Å². The average molecular weight is 350 g/mol. The van der Waals surface area contributed by atoms with E-state index in [-0.39, 0.29) is 11.5 Å². The summed E-state index contributed by atoms with van der Waals surface area (Å²) in [7, 11) is -1.88. The van der Waals surface area contributed by atoms with E-state index in [0.29, 0.717) is 15.6 Å². The molecule has 0 fully saturated rings. The van der Waals surface area contributed by atoms with Crippen molar-refractivity contribution in [2.75, 3.05) is 6.61 Å². The number of halogens is 2. The summed E-state index contributed by atoms with van der Waals surface area (Å²) in [5.41, 5.74) is 0.344. The zero-order valence-electron chi connectivity index (χ0n) is 12.6. The summed E-state index contributed by atoms with van der Waals surface area (Å²) in [5.74, 6) is 0. The van der Waals surface area contributed by atoms with E-state index in [1.54, 1.807) is 18.2 Å². The first-order valence-electron chi connectivity index (χ1n) is 7.12. The molecule has 0 heterocycles. The summed E-state index contributed by atoms with van der Waals surface area (Å²) in [6.45, 7) is 6.28. The van der Waals surface area contributed by atoms with E-state index < -0.39 is 14.4 Å². The maximum absolute atomic E-state index is 11.4. The molecule has 0 aromatic heterocycles. The van der Waals surface area contributed by atoms with Gasteiger partial charge in [-0.15, -0.1) is 0 Å². The van der Waals surface area contributed by atoms with E-state index in [9.17, 15) is 10.1 Å². The zero-order chi connectivity index (χ0) is 16.0. The largest absolute Gasteiger partial charge is 0.409 e. The van der Waals surface area contributed by atoms with Crippen LogP contribution in [0.5, 0.6) is 0 Å². The quantitative estimate of drug-likeness (QED) is 0.362. The van der Waals surface area contributed by atoms with Gasteiger partial charge in [-0.05, 0) is 30.3 Å². The molecule has 7 heteroatoms. The summed E-state index contributed by atoms with van der Waals surface area (Å²) in [5, 5.41) is 12.0. The minimum absolute atomic E-state index is 0.0260. The maximum atomic E-state index is 11.4. The Kier molecular flexibility index (Phi) is 7.13. The van der Waals surface area contributed by atoms with Crippen LogP contribution in [0.3, 0.4) is 0 Å². The molecular formula is C14H21Cl2NO3Si. The predicted molar refractivity (Wildman–Crippen MR) is 89.3 cm³/mol. The Morgan fingerprint density at radius 2 is 1.67 bits per heavy atom. The van der Waals surface area contributed by atoms with Crippen molar-refractivity contribution >= 4 is 31.5 Å². The molecule has 1 rings (SSSR count). The van der Waals surface area contributed by atoms with Crippen LogP contribution in [0.1, 0.15) is 32.4 Å². The Morgan fingerprint density at radius 3 is 2.05 bits per heavy atom. The summed E-state index contributed by atoms with van der Waals surface area (Å²) in [4.78, 5) is 11.0. The molecular weight excluding hydrogens is 329 g/mol. The average Bonchev–Trinajstić information content (AvgIpc) is 2.46. The van der Waals surface area contributed by atoms with E-state index in [2.05, 4.69) is 20.8 Å². The fourth-order valence-electron chi connectivity index (χ4n) is 2.39. The van der Waals surface area contributed by atoms with E-state index in [0.717, 1.165) is 18.1 Å². The lowest BCUT2D eigenvalue weighted by Gasteiger charge is -2.28. The zero-order valence-corrected chi connectivity index (χ0v) is 15.1. The van der Waals surface area contributed by atoms with Crippen LogP contribution >= 0.6 is 23.2 Å². The Hall–Kier alpha value is -0.623. The topological polar surface area (TPSA) is 52.4 Å². The van der Waals surface area contributed by atoms with Crippen LogP contribution in [-0.2, 0) is 4.43 Å². The van der Waals surface area contributed by atoms with Crippen LogP contribution in [0, 0.1) is 10.1 Å². The van der Waals surface area contributed by atoms with Gasteiger partial charge in [0.1, 0.15) is 6.61 Å². The smallest absolute Gasteiger partial charge is 0.262 e. The second kappa shape index (κ2) is 8.13. The molecule has 0 saturated heterocycles. The number of hydrogen-bond acceptors (Lipinski definition) is 3. The van der Waals surface area contributed by atoms with Gasteiger partial charge >= 0.3 is 0 Å². The lowest BCUT2D eigenvalue weighted by atomic mass is 10.1. The maximum Gasteiger partial charge on any atom is 0.262 e. The third-order valence-electron chi connectivity index (χ3n) is 4.07. The highest BCUT2D eigenvalue weighted by Gasteiger charge is 2.34. The van der Waals surface area contributed by atoms with Gasteiger partial charge in [0.05, 0.1) is 15.6 Å². The number of rotatable bonds is 8. The second-order valence-corrected chi connectivity index (χ2v) is 10.6. The van der Waals surface area contributed by atoms with E-state index in [4.69, 9.17) is 27.6 Å². The highest BCUT2D eigenvalue weighted by molar-refractivity contribution is 6.73. The highest BCUT2D eigenvalue weighted by Crippen LogP contribution is 2.33. The molecule has 0 aliphatic rings. The van der Waals surface area contributed by atoms with Gasteiger partial charge in [0, 0.05) is 4.92 Å². The summed E-state index contributed by atoms with van der Waals surface area (Å²) >= 11 is 12.2. The fraction of sp³-hybridized carbons (Fsp3) is 0.571. The van der Waals surface area contributed by atoms with Crippen LogP contribution in [0.2, 0.25) is 28.2 Å². The second-order valence-electron chi connectivity index (χ2n) is 4.99. The van der Waals surface area contributed by atoms with Gasteiger partial charge in [-0.2, -0.15) is 0 Å². The minimum Gasteiger partial charge on any atom is -0.409 e. The summed E-state index contributed by atoms with van der Waals surface area (Å²) in [6.07, 6.45) is 0. The van der Waals surface area contributed by atoms with Crippen molar-refractivity contribution in [2.45, 2.75) is 44.9 Å². The van der Waals surface area contributed by atoms with Crippen LogP contribution in [0.4, 0.5) is 0 Å². The molecule has 118 valence electrons. The molecule has 1 atom stereocenters. The van der Waals surface area contributed by atoms with Gasteiger partial charge < -0.3 is 4.43 Å². The van der Waals surface area contributed by atoms with Crippen molar-refractivity contribution in [3.05, 3.63) is 43.9 Å². The third kappa shape index (κ3) is 4.42. The Bertz CT molecular complexity index is 467. The first kappa shape index (κ1) is 18.4. The van der Waals surface area contributed by atoms with E-state index in [1.807, 2.05) is 0 Å². The lowest BCUT2D eigenvalue weighted by Crippen LogP contribution is -2.38. The van der Waals surface area contributed by atoms with E-state index in [1.165, 1.54) is 0 Å². The van der Waals surface area contributed by atoms with Crippen molar-refractivity contribution in [2.24, 2.45) is 0 Å². The number of nitrogens with zero attached hydrogens (tertiary/aromatic N) is 1. The molecule has 1 aromatic carbocycles. The molecule has 1 aromatic rings. The Balaban J connectivity index is 3.02. The predicted octanol–water partition coefficient (Wildman–Crippen LogP) is 5.33. The number of benzene rings is 1. The fourth-order valence-corrected chi connectivity index (χ4v) is 5.66. The first-order valence-corrected chi connectivity index (χ1v) is 10.4. The van der Waals surface area contributed by atoms with Gasteiger partial charge in [-0.3, -0.25) is 10.1 Å². The molecule has 0 radical (unpaired) electrons. The van der Waals surface area contributed by atoms with Crippen LogP contribution in [0.15, 0.2) is 18.2 Å². The molecule has 1 unspecified atom stereocenters. The molecule has 4 nitrogen and oxygen atoms in total. The van der Waals surface area contributed by atoms with Gasteiger partial charge in [-0.25, -0.2) is 0 Å². The molecule has 0 saturated carbocycles. The van der Waals surface area contributed by atoms with Crippen LogP contribution in [-0.4, -0.2) is 19.8 Å². The molecule has 0 bridgehead atoms. The van der Waals surface area contributed by atoms with Crippen molar-refractivity contribution in [3.8, 4) is 0 Å². The minimum atomic E-state index is -1.88. The third-order valence-corrected chi connectivity index (χ3v) is 9.37. The van der Waals surface area contributed by atoms with Gasteiger partial charge in [-0.1, -0.05) is 50.0 Å². The van der Waals surface area contributed by atoms with Crippen molar-refractivity contribution in [1.29, 1.82) is 0 Å². The summed E-state index contributed by atoms with van der Waals surface area (Å²) < 4.78 is 6.05. The van der Waals surface area contributed by atoms with Crippen LogP contribution < -0.4 is 0 Å². The van der Waals surface area contributed by atoms with E-state index >= 15 is 0 Å². The van der Waals surface area contributed by atoms with Crippen LogP contribution in [0.25, 0.3) is 0 Å². The summed E-state index contributed by atoms with van der Waals surface area (Å²) in [6, 6.07) is 6.71. The molecule has 0 aliphatic heterocycles. The van der Waals surface area contributed by atoms with Gasteiger partial charge in [0.15, 0.2) is 8.32 Å². The van der Waals surface area contributed by atoms with Gasteiger partial charge in [0.25, 0.3) is 6.04 Å². The van der Waals surface area contributed by atoms with Crippen molar-refractivity contribution in [3.63, 3.8) is 0 Å². The van der Waals surface area contributed by atoms with Gasteiger partial charge in [0.2, 0.25) is 0 Å². The standard InChI is InChI=1S/C14H21Cl2NO3Si/c1-4-21(5-2,6-3)20-10-13(17(18)19)14-11(15)8-7-9-12(14)16/h7-9,13H,4-6,10H2,1-3H3. The Morgan fingerprint density at radius 1 is 1.19 bits per heavy atom. The number of hydrogen-bond donors (Lipinski definition) is 0. The molecule has 0 aliphatic carbocycles. The van der Waals surface area contributed by atoms with Crippen molar-refractivity contribution < 1.29 is 9.35 Å². The molecule has 21 heavy (non-hydrogen) atoms. The number of nitro groups is 1. The normalized spacial score (nSPS) is 13.2. The molecule has 0 amide bonds.